The zero-order valence-electron chi connectivity index (χ0n) is 13.7. The number of nitrogens with one attached hydrogen (secondary N) is 1. The summed E-state index contributed by atoms with van der Waals surface area (Å²) in [5.74, 6) is 1.98. The summed E-state index contributed by atoms with van der Waals surface area (Å²) in [5.41, 5.74) is 0.286. The van der Waals surface area contributed by atoms with E-state index in [1.54, 1.807) is 6.33 Å². The van der Waals surface area contributed by atoms with Gasteiger partial charge in [-0.1, -0.05) is 13.8 Å². The van der Waals surface area contributed by atoms with Crippen molar-refractivity contribution in [1.82, 2.24) is 25.0 Å². The highest BCUT2D eigenvalue weighted by molar-refractivity contribution is 5.06. The first-order valence-electron chi connectivity index (χ1n) is 8.52. The zero-order chi connectivity index (χ0) is 14.9. The summed E-state index contributed by atoms with van der Waals surface area (Å²) in [5, 5.41) is 8.13. The second-order valence-corrected chi connectivity index (χ2v) is 6.90. The fraction of sp³-hybridized carbons (Fsp3) is 0.875. The van der Waals surface area contributed by atoms with Crippen molar-refractivity contribution in [2.75, 3.05) is 13.1 Å². The van der Waals surface area contributed by atoms with E-state index in [1.165, 1.54) is 19.3 Å². The molecule has 1 saturated carbocycles. The average molecular weight is 291 g/mol. The Labute approximate surface area is 128 Å². The number of rotatable bonds is 6. The van der Waals surface area contributed by atoms with Gasteiger partial charge in [-0.2, -0.15) is 5.10 Å². The maximum Gasteiger partial charge on any atom is 0.141 e. The molecule has 1 aromatic heterocycles. The first-order chi connectivity index (χ1) is 10.2. The molecule has 2 heterocycles. The Hall–Kier alpha value is -0.940. The van der Waals surface area contributed by atoms with Crippen molar-refractivity contribution in [1.29, 1.82) is 0 Å². The molecule has 21 heavy (non-hydrogen) atoms. The summed E-state index contributed by atoms with van der Waals surface area (Å²) in [6.45, 7) is 11.0. The molecule has 1 saturated heterocycles. The summed E-state index contributed by atoms with van der Waals surface area (Å²) < 4.78 is 2.08. The predicted molar refractivity (Wildman–Crippen MR) is 83.9 cm³/mol. The van der Waals surface area contributed by atoms with Crippen LogP contribution < -0.4 is 5.32 Å². The third kappa shape index (κ3) is 2.99. The molecule has 0 aromatic carbocycles. The lowest BCUT2D eigenvalue weighted by molar-refractivity contribution is 0.0238. The van der Waals surface area contributed by atoms with E-state index in [4.69, 9.17) is 0 Å². The van der Waals surface area contributed by atoms with E-state index >= 15 is 0 Å². The van der Waals surface area contributed by atoms with Gasteiger partial charge in [-0.05, 0) is 38.5 Å². The van der Waals surface area contributed by atoms with E-state index < -0.39 is 0 Å². The van der Waals surface area contributed by atoms with E-state index in [1.807, 2.05) is 0 Å². The SMILES string of the molecule is CCCn1ncnc1CN1CC(CC)NCC1(C)C1CC1. The number of piperazine rings is 1. The molecule has 0 spiro atoms. The largest absolute Gasteiger partial charge is 0.311 e. The van der Waals surface area contributed by atoms with Gasteiger partial charge in [-0.25, -0.2) is 9.67 Å². The molecule has 1 aliphatic heterocycles. The van der Waals surface area contributed by atoms with Crippen LogP contribution in [-0.2, 0) is 13.1 Å². The number of hydrogen-bond acceptors (Lipinski definition) is 4. The van der Waals surface area contributed by atoms with E-state index in [0.717, 1.165) is 44.3 Å². The Bertz CT molecular complexity index is 467. The van der Waals surface area contributed by atoms with Crippen molar-refractivity contribution < 1.29 is 0 Å². The van der Waals surface area contributed by atoms with Crippen LogP contribution in [0.25, 0.3) is 0 Å². The van der Waals surface area contributed by atoms with Crippen molar-refractivity contribution >= 4 is 0 Å². The van der Waals surface area contributed by atoms with Gasteiger partial charge in [0, 0.05) is 31.2 Å². The summed E-state index contributed by atoms with van der Waals surface area (Å²) in [7, 11) is 0. The van der Waals surface area contributed by atoms with Crippen LogP contribution in [-0.4, -0.2) is 44.3 Å². The third-order valence-corrected chi connectivity index (χ3v) is 5.32. The Balaban J connectivity index is 1.77. The minimum Gasteiger partial charge on any atom is -0.311 e. The fourth-order valence-electron chi connectivity index (χ4n) is 3.61. The van der Waals surface area contributed by atoms with Crippen LogP contribution in [0.2, 0.25) is 0 Å². The van der Waals surface area contributed by atoms with Gasteiger partial charge >= 0.3 is 0 Å². The molecular formula is C16H29N5. The van der Waals surface area contributed by atoms with Gasteiger partial charge in [0.15, 0.2) is 0 Å². The van der Waals surface area contributed by atoms with E-state index in [-0.39, 0.29) is 5.54 Å². The molecule has 118 valence electrons. The number of aromatic nitrogens is 3. The monoisotopic (exact) mass is 291 g/mol. The second kappa shape index (κ2) is 6.05. The minimum absolute atomic E-state index is 0.286. The van der Waals surface area contributed by atoms with Gasteiger partial charge in [-0.15, -0.1) is 0 Å². The number of hydrogen-bond donors (Lipinski definition) is 1. The molecule has 2 fully saturated rings. The van der Waals surface area contributed by atoms with Crippen LogP contribution in [0.1, 0.15) is 52.3 Å². The first-order valence-corrected chi connectivity index (χ1v) is 8.52. The van der Waals surface area contributed by atoms with Gasteiger partial charge in [0.25, 0.3) is 0 Å². The van der Waals surface area contributed by atoms with Crippen LogP contribution in [0.15, 0.2) is 6.33 Å². The molecule has 2 unspecified atom stereocenters. The molecule has 2 aliphatic rings. The summed E-state index contributed by atoms with van der Waals surface area (Å²) in [6.07, 6.45) is 6.77. The zero-order valence-corrected chi connectivity index (χ0v) is 13.7. The molecule has 3 rings (SSSR count). The molecule has 2 atom stereocenters. The molecule has 1 N–H and O–H groups in total. The molecule has 1 aliphatic carbocycles. The summed E-state index contributed by atoms with van der Waals surface area (Å²) >= 11 is 0. The van der Waals surface area contributed by atoms with Crippen molar-refractivity contribution in [3.05, 3.63) is 12.2 Å². The molecule has 0 radical (unpaired) electrons. The van der Waals surface area contributed by atoms with Gasteiger partial charge in [0.05, 0.1) is 6.54 Å². The predicted octanol–water partition coefficient (Wildman–Crippen LogP) is 2.04. The normalized spacial score (nSPS) is 30.7. The van der Waals surface area contributed by atoms with E-state index in [0.29, 0.717) is 6.04 Å². The highest BCUT2D eigenvalue weighted by Crippen LogP contribution is 2.44. The smallest absolute Gasteiger partial charge is 0.141 e. The standard InChI is InChI=1S/C16H29N5/c1-4-8-21-15(18-12-19-21)10-20-9-14(5-2)17-11-16(20,3)13-6-7-13/h12-14,17H,4-11H2,1-3H3. The molecule has 0 amide bonds. The van der Waals surface area contributed by atoms with E-state index in [2.05, 4.69) is 45.8 Å². The van der Waals surface area contributed by atoms with E-state index in [9.17, 15) is 0 Å². The van der Waals surface area contributed by atoms with Gasteiger partial charge in [-0.3, -0.25) is 4.90 Å². The van der Waals surface area contributed by atoms with Gasteiger partial charge in [0.1, 0.15) is 12.2 Å². The summed E-state index contributed by atoms with van der Waals surface area (Å²) in [4.78, 5) is 7.19. The molecule has 1 aromatic rings. The van der Waals surface area contributed by atoms with Crippen molar-refractivity contribution in [3.63, 3.8) is 0 Å². The molecular weight excluding hydrogens is 262 g/mol. The highest BCUT2D eigenvalue weighted by atomic mass is 15.4. The number of aryl methyl sites for hydroxylation is 1. The topological polar surface area (TPSA) is 46.0 Å². The van der Waals surface area contributed by atoms with Crippen molar-refractivity contribution in [3.8, 4) is 0 Å². The van der Waals surface area contributed by atoms with Crippen molar-refractivity contribution in [2.45, 2.75) is 71.1 Å². The van der Waals surface area contributed by atoms with Crippen LogP contribution in [0.4, 0.5) is 0 Å². The van der Waals surface area contributed by atoms with Gasteiger partial charge in [0.2, 0.25) is 0 Å². The number of nitrogens with zero attached hydrogens (tertiary/aromatic N) is 4. The Kier molecular flexibility index (Phi) is 4.31. The van der Waals surface area contributed by atoms with Crippen LogP contribution in [0.3, 0.4) is 0 Å². The third-order valence-electron chi connectivity index (χ3n) is 5.32. The first kappa shape index (κ1) is 15.0. The quantitative estimate of drug-likeness (QED) is 0.871. The lowest BCUT2D eigenvalue weighted by Crippen LogP contribution is -2.64. The molecule has 0 bridgehead atoms. The lowest BCUT2D eigenvalue weighted by atomic mass is 9.89. The van der Waals surface area contributed by atoms with Crippen LogP contribution >= 0.6 is 0 Å². The average Bonchev–Trinajstić information content (AvgIpc) is 3.26. The Morgan fingerprint density at radius 2 is 2.19 bits per heavy atom. The minimum atomic E-state index is 0.286. The second-order valence-electron chi connectivity index (χ2n) is 6.90. The maximum atomic E-state index is 4.51. The fourth-order valence-corrected chi connectivity index (χ4v) is 3.61. The maximum absolute atomic E-state index is 4.51. The molecule has 5 nitrogen and oxygen atoms in total. The van der Waals surface area contributed by atoms with Crippen LogP contribution in [0.5, 0.6) is 0 Å². The Morgan fingerprint density at radius 1 is 1.38 bits per heavy atom. The van der Waals surface area contributed by atoms with Crippen LogP contribution in [0, 0.1) is 5.92 Å². The summed E-state index contributed by atoms with van der Waals surface area (Å²) in [6, 6.07) is 0.611. The van der Waals surface area contributed by atoms with Gasteiger partial charge < -0.3 is 5.32 Å². The lowest BCUT2D eigenvalue weighted by Gasteiger charge is -2.48. The highest BCUT2D eigenvalue weighted by Gasteiger charge is 2.48. The van der Waals surface area contributed by atoms with Crippen molar-refractivity contribution in [2.24, 2.45) is 5.92 Å². The molecule has 5 heteroatoms. The Morgan fingerprint density at radius 3 is 2.86 bits per heavy atom.